The van der Waals surface area contributed by atoms with Crippen molar-refractivity contribution in [3.63, 3.8) is 0 Å². The Morgan fingerprint density at radius 2 is 1.93 bits per heavy atom. The van der Waals surface area contributed by atoms with Gasteiger partial charge in [-0.15, -0.1) is 0 Å². The lowest BCUT2D eigenvalue weighted by atomic mass is 10.1. The Morgan fingerprint density at radius 1 is 1.33 bits per heavy atom. The molecule has 0 aliphatic carbocycles. The molecule has 1 aromatic rings. The second-order valence-corrected chi connectivity index (χ2v) is 3.92. The van der Waals surface area contributed by atoms with Crippen molar-refractivity contribution in [2.45, 2.75) is 26.5 Å². The predicted octanol–water partition coefficient (Wildman–Crippen LogP) is 2.23. The molecule has 15 heavy (non-hydrogen) atoms. The largest absolute Gasteiger partial charge is 0.442 e. The third-order valence-electron chi connectivity index (χ3n) is 1.96. The summed E-state index contributed by atoms with van der Waals surface area (Å²) in [7, 11) is 0. The molecular weight excluding hydrogens is 190 g/mol. The molecule has 1 atom stereocenters. The van der Waals surface area contributed by atoms with Crippen LogP contribution in [-0.2, 0) is 9.53 Å². The standard InChI is InChI=1S/C12H17NO2/c1-9(2)8-11(14)15-12(13)10-6-4-3-5-7-10/h3-7,9,12H,8,13H2,1-2H3. The molecule has 0 saturated carbocycles. The summed E-state index contributed by atoms with van der Waals surface area (Å²) in [6.07, 6.45) is -0.252. The first kappa shape index (κ1) is 11.7. The SMILES string of the molecule is CC(C)CC(=O)OC(N)c1ccccc1. The van der Waals surface area contributed by atoms with Crippen molar-refractivity contribution in [3.05, 3.63) is 35.9 Å². The number of nitrogens with two attached hydrogens (primary N) is 1. The molecule has 1 aromatic carbocycles. The van der Waals surface area contributed by atoms with E-state index in [0.717, 1.165) is 5.56 Å². The lowest BCUT2D eigenvalue weighted by molar-refractivity contribution is -0.150. The second-order valence-electron chi connectivity index (χ2n) is 3.92. The minimum Gasteiger partial charge on any atom is -0.442 e. The van der Waals surface area contributed by atoms with E-state index in [1.54, 1.807) is 0 Å². The molecule has 0 aliphatic rings. The molecule has 0 amide bonds. The number of carbonyl (C=O) groups excluding carboxylic acids is 1. The van der Waals surface area contributed by atoms with Gasteiger partial charge in [-0.05, 0) is 5.92 Å². The van der Waals surface area contributed by atoms with Gasteiger partial charge in [-0.1, -0.05) is 44.2 Å². The maximum atomic E-state index is 11.3. The van der Waals surface area contributed by atoms with Crippen molar-refractivity contribution in [1.29, 1.82) is 0 Å². The Kier molecular flexibility index (Phi) is 4.31. The Bertz CT molecular complexity index is 309. The van der Waals surface area contributed by atoms with Gasteiger partial charge in [0.2, 0.25) is 0 Å². The van der Waals surface area contributed by atoms with Crippen LogP contribution in [0.15, 0.2) is 30.3 Å². The molecule has 0 fully saturated rings. The van der Waals surface area contributed by atoms with Gasteiger partial charge < -0.3 is 4.74 Å². The zero-order valence-electron chi connectivity index (χ0n) is 9.14. The second kappa shape index (κ2) is 5.51. The van der Waals surface area contributed by atoms with Crippen molar-refractivity contribution < 1.29 is 9.53 Å². The van der Waals surface area contributed by atoms with E-state index < -0.39 is 6.23 Å². The summed E-state index contributed by atoms with van der Waals surface area (Å²) in [4.78, 5) is 11.3. The highest BCUT2D eigenvalue weighted by Crippen LogP contribution is 2.13. The van der Waals surface area contributed by atoms with Gasteiger partial charge in [0.25, 0.3) is 0 Å². The normalized spacial score (nSPS) is 12.5. The van der Waals surface area contributed by atoms with Crippen molar-refractivity contribution in [2.24, 2.45) is 11.7 Å². The van der Waals surface area contributed by atoms with E-state index in [0.29, 0.717) is 12.3 Å². The predicted molar refractivity (Wildman–Crippen MR) is 58.9 cm³/mol. The molecule has 2 N–H and O–H groups in total. The smallest absolute Gasteiger partial charge is 0.307 e. The molecule has 0 saturated heterocycles. The summed E-state index contributed by atoms with van der Waals surface area (Å²) >= 11 is 0. The van der Waals surface area contributed by atoms with Crippen molar-refractivity contribution in [1.82, 2.24) is 0 Å². The maximum Gasteiger partial charge on any atom is 0.307 e. The Balaban J connectivity index is 2.49. The highest BCUT2D eigenvalue weighted by atomic mass is 16.6. The number of esters is 1. The number of hydrogen-bond acceptors (Lipinski definition) is 3. The summed E-state index contributed by atoms with van der Waals surface area (Å²) in [6.45, 7) is 3.94. The van der Waals surface area contributed by atoms with Crippen LogP contribution in [0.3, 0.4) is 0 Å². The fourth-order valence-electron chi connectivity index (χ4n) is 1.23. The van der Waals surface area contributed by atoms with E-state index in [1.165, 1.54) is 0 Å². The summed E-state index contributed by atoms with van der Waals surface area (Å²) in [5.41, 5.74) is 6.54. The average molecular weight is 207 g/mol. The number of rotatable bonds is 4. The quantitative estimate of drug-likeness (QED) is 0.608. The van der Waals surface area contributed by atoms with Gasteiger partial charge in [-0.25, -0.2) is 0 Å². The molecule has 1 unspecified atom stereocenters. The van der Waals surface area contributed by atoms with E-state index in [9.17, 15) is 4.79 Å². The van der Waals surface area contributed by atoms with Crippen LogP contribution in [0.4, 0.5) is 0 Å². The monoisotopic (exact) mass is 207 g/mol. The molecule has 82 valence electrons. The first-order valence-corrected chi connectivity index (χ1v) is 5.09. The van der Waals surface area contributed by atoms with Gasteiger partial charge in [0.05, 0.1) is 0 Å². The summed E-state index contributed by atoms with van der Waals surface area (Å²) < 4.78 is 5.09. The fraction of sp³-hybridized carbons (Fsp3) is 0.417. The Morgan fingerprint density at radius 3 is 2.47 bits per heavy atom. The van der Waals surface area contributed by atoms with Gasteiger partial charge in [0.15, 0.2) is 6.23 Å². The van der Waals surface area contributed by atoms with Crippen LogP contribution >= 0.6 is 0 Å². The molecule has 0 bridgehead atoms. The van der Waals surface area contributed by atoms with Crippen LogP contribution in [0.25, 0.3) is 0 Å². The minimum atomic E-state index is -0.655. The van der Waals surface area contributed by atoms with E-state index >= 15 is 0 Å². The fourth-order valence-corrected chi connectivity index (χ4v) is 1.23. The molecule has 0 aliphatic heterocycles. The zero-order chi connectivity index (χ0) is 11.3. The highest BCUT2D eigenvalue weighted by molar-refractivity contribution is 5.69. The van der Waals surface area contributed by atoms with Crippen LogP contribution in [0.1, 0.15) is 32.1 Å². The molecule has 0 radical (unpaired) electrons. The molecule has 0 aromatic heterocycles. The average Bonchev–Trinajstić information content (AvgIpc) is 2.17. The minimum absolute atomic E-state index is 0.249. The lowest BCUT2D eigenvalue weighted by Crippen LogP contribution is -2.19. The van der Waals surface area contributed by atoms with E-state index in [1.807, 2.05) is 44.2 Å². The van der Waals surface area contributed by atoms with Gasteiger partial charge in [0.1, 0.15) is 0 Å². The Hall–Kier alpha value is -1.35. The van der Waals surface area contributed by atoms with Crippen molar-refractivity contribution >= 4 is 5.97 Å². The van der Waals surface area contributed by atoms with Crippen LogP contribution in [-0.4, -0.2) is 5.97 Å². The molecule has 0 heterocycles. The number of benzene rings is 1. The number of hydrogen-bond donors (Lipinski definition) is 1. The van der Waals surface area contributed by atoms with Crippen LogP contribution in [0.2, 0.25) is 0 Å². The van der Waals surface area contributed by atoms with Crippen LogP contribution < -0.4 is 5.73 Å². The zero-order valence-corrected chi connectivity index (χ0v) is 9.14. The van der Waals surface area contributed by atoms with Gasteiger partial charge in [0, 0.05) is 12.0 Å². The van der Waals surface area contributed by atoms with Crippen LogP contribution in [0, 0.1) is 5.92 Å². The number of ether oxygens (including phenoxy) is 1. The third-order valence-corrected chi connectivity index (χ3v) is 1.96. The third kappa shape index (κ3) is 4.13. The van der Waals surface area contributed by atoms with Gasteiger partial charge in [-0.2, -0.15) is 0 Å². The molecule has 0 spiro atoms. The Labute approximate surface area is 90.2 Å². The van der Waals surface area contributed by atoms with Gasteiger partial charge in [-0.3, -0.25) is 10.5 Å². The van der Waals surface area contributed by atoms with Crippen LogP contribution in [0.5, 0.6) is 0 Å². The van der Waals surface area contributed by atoms with Crippen molar-refractivity contribution in [2.75, 3.05) is 0 Å². The first-order valence-electron chi connectivity index (χ1n) is 5.09. The first-order chi connectivity index (χ1) is 7.09. The molecule has 1 rings (SSSR count). The van der Waals surface area contributed by atoms with E-state index in [2.05, 4.69) is 0 Å². The topological polar surface area (TPSA) is 52.3 Å². The van der Waals surface area contributed by atoms with E-state index in [4.69, 9.17) is 10.5 Å². The summed E-state index contributed by atoms with van der Waals surface area (Å²) in [5, 5.41) is 0. The van der Waals surface area contributed by atoms with E-state index in [-0.39, 0.29) is 5.97 Å². The van der Waals surface area contributed by atoms with Gasteiger partial charge >= 0.3 is 5.97 Å². The van der Waals surface area contributed by atoms with Crippen molar-refractivity contribution in [3.8, 4) is 0 Å². The molecule has 3 nitrogen and oxygen atoms in total. The lowest BCUT2D eigenvalue weighted by Gasteiger charge is -2.14. The summed E-state index contributed by atoms with van der Waals surface area (Å²) in [6, 6.07) is 9.31. The highest BCUT2D eigenvalue weighted by Gasteiger charge is 2.12. The molecule has 3 heteroatoms. The molecular formula is C12H17NO2. The summed E-state index contributed by atoms with van der Waals surface area (Å²) in [5.74, 6) is 0.0434. The maximum absolute atomic E-state index is 11.3. The number of carbonyl (C=O) groups is 1.